The van der Waals surface area contributed by atoms with Crippen LogP contribution in [0.15, 0.2) is 35.5 Å². The van der Waals surface area contributed by atoms with E-state index in [2.05, 4.69) is 20.0 Å². The van der Waals surface area contributed by atoms with Crippen LogP contribution in [0.5, 0.6) is 0 Å². The van der Waals surface area contributed by atoms with Gasteiger partial charge in [0.15, 0.2) is 0 Å². The van der Waals surface area contributed by atoms with Crippen LogP contribution < -0.4 is 10.5 Å². The molecule has 1 fully saturated rings. The van der Waals surface area contributed by atoms with Gasteiger partial charge in [0.2, 0.25) is 0 Å². The Morgan fingerprint density at radius 2 is 2.25 bits per heavy atom. The summed E-state index contributed by atoms with van der Waals surface area (Å²) in [6.45, 7) is 3.46. The second-order valence-electron chi connectivity index (χ2n) is 5.05. The minimum atomic E-state index is -0.0608. The number of aryl methyl sites for hydroxylation is 1. The van der Waals surface area contributed by atoms with Crippen molar-refractivity contribution in [1.29, 1.82) is 0 Å². The molecule has 0 radical (unpaired) electrons. The molecule has 20 heavy (non-hydrogen) atoms. The van der Waals surface area contributed by atoms with Crippen molar-refractivity contribution in [2.45, 2.75) is 32.4 Å². The van der Waals surface area contributed by atoms with Gasteiger partial charge in [-0.25, -0.2) is 9.67 Å². The van der Waals surface area contributed by atoms with Gasteiger partial charge in [0.1, 0.15) is 5.82 Å². The van der Waals surface area contributed by atoms with Gasteiger partial charge in [-0.15, -0.1) is 0 Å². The minimum absolute atomic E-state index is 0.0608. The van der Waals surface area contributed by atoms with Crippen molar-refractivity contribution < 1.29 is 0 Å². The van der Waals surface area contributed by atoms with Crippen LogP contribution in [0.1, 0.15) is 18.5 Å². The SMILES string of the molecule is Cc1cnc(N2CCCC2Cn2ncccc2=O)cn1. The Hall–Kier alpha value is -2.24. The van der Waals surface area contributed by atoms with Crippen LogP contribution in [0.3, 0.4) is 0 Å². The van der Waals surface area contributed by atoms with E-state index in [1.165, 1.54) is 10.7 Å². The molecule has 6 nitrogen and oxygen atoms in total. The Kier molecular flexibility index (Phi) is 3.45. The molecule has 3 rings (SSSR count). The van der Waals surface area contributed by atoms with Gasteiger partial charge in [0.25, 0.3) is 5.56 Å². The molecular weight excluding hydrogens is 254 g/mol. The molecule has 1 unspecified atom stereocenters. The van der Waals surface area contributed by atoms with Crippen molar-refractivity contribution in [3.05, 3.63) is 46.8 Å². The molecule has 2 aromatic rings. The Morgan fingerprint density at radius 3 is 3.00 bits per heavy atom. The predicted octanol–water partition coefficient (Wildman–Crippen LogP) is 1.01. The number of nitrogens with zero attached hydrogens (tertiary/aromatic N) is 5. The molecule has 104 valence electrons. The van der Waals surface area contributed by atoms with E-state index < -0.39 is 0 Å². The zero-order chi connectivity index (χ0) is 13.9. The van der Waals surface area contributed by atoms with E-state index in [1.807, 2.05) is 6.92 Å². The highest BCUT2D eigenvalue weighted by Gasteiger charge is 2.26. The number of anilines is 1. The minimum Gasteiger partial charge on any atom is -0.350 e. The third-order valence-electron chi connectivity index (χ3n) is 3.61. The average Bonchev–Trinajstić information content (AvgIpc) is 2.90. The summed E-state index contributed by atoms with van der Waals surface area (Å²) in [4.78, 5) is 22.7. The van der Waals surface area contributed by atoms with Crippen molar-refractivity contribution in [3.63, 3.8) is 0 Å². The number of aromatic nitrogens is 4. The first-order chi connectivity index (χ1) is 9.74. The molecule has 1 atom stereocenters. The van der Waals surface area contributed by atoms with Gasteiger partial charge in [0, 0.05) is 18.8 Å². The molecule has 3 heterocycles. The van der Waals surface area contributed by atoms with Gasteiger partial charge < -0.3 is 4.90 Å². The lowest BCUT2D eigenvalue weighted by molar-refractivity contribution is 0.487. The molecule has 1 aliphatic heterocycles. The summed E-state index contributed by atoms with van der Waals surface area (Å²) in [7, 11) is 0. The van der Waals surface area contributed by atoms with Crippen molar-refractivity contribution in [3.8, 4) is 0 Å². The van der Waals surface area contributed by atoms with Crippen molar-refractivity contribution >= 4 is 5.82 Å². The van der Waals surface area contributed by atoms with Crippen LogP contribution in [0.2, 0.25) is 0 Å². The summed E-state index contributed by atoms with van der Waals surface area (Å²) < 4.78 is 1.52. The summed E-state index contributed by atoms with van der Waals surface area (Å²) in [6.07, 6.45) is 7.36. The fourth-order valence-corrected chi connectivity index (χ4v) is 2.59. The maximum atomic E-state index is 11.7. The summed E-state index contributed by atoms with van der Waals surface area (Å²) in [5.41, 5.74) is 0.847. The fraction of sp³-hybridized carbons (Fsp3) is 0.429. The van der Waals surface area contributed by atoms with Crippen molar-refractivity contribution in [2.75, 3.05) is 11.4 Å². The highest BCUT2D eigenvalue weighted by molar-refractivity contribution is 5.38. The standard InChI is InChI=1S/C14H17N5O/c1-11-8-16-13(9-15-11)18-7-3-4-12(18)10-19-14(20)5-2-6-17-19/h2,5-6,8-9,12H,3-4,7,10H2,1H3. The summed E-state index contributed by atoms with van der Waals surface area (Å²) in [5, 5.41) is 4.13. The number of hydrogen-bond acceptors (Lipinski definition) is 5. The van der Waals surface area contributed by atoms with Crippen molar-refractivity contribution in [2.24, 2.45) is 0 Å². The monoisotopic (exact) mass is 271 g/mol. The molecular formula is C14H17N5O. The lowest BCUT2D eigenvalue weighted by Crippen LogP contribution is -2.37. The third kappa shape index (κ3) is 2.54. The average molecular weight is 271 g/mol. The van der Waals surface area contributed by atoms with E-state index >= 15 is 0 Å². The van der Waals surface area contributed by atoms with Gasteiger partial charge in [-0.3, -0.25) is 9.78 Å². The van der Waals surface area contributed by atoms with Gasteiger partial charge in [-0.2, -0.15) is 5.10 Å². The lowest BCUT2D eigenvalue weighted by atomic mass is 10.2. The van der Waals surface area contributed by atoms with E-state index in [9.17, 15) is 4.79 Å². The van der Waals surface area contributed by atoms with E-state index in [-0.39, 0.29) is 11.6 Å². The Balaban J connectivity index is 1.81. The van der Waals surface area contributed by atoms with Crippen LogP contribution in [0.4, 0.5) is 5.82 Å². The molecule has 1 aliphatic rings. The predicted molar refractivity (Wildman–Crippen MR) is 75.6 cm³/mol. The summed E-state index contributed by atoms with van der Waals surface area (Å²) in [5.74, 6) is 0.877. The first-order valence-corrected chi connectivity index (χ1v) is 6.81. The summed E-state index contributed by atoms with van der Waals surface area (Å²) in [6, 6.07) is 3.45. The van der Waals surface area contributed by atoms with Crippen LogP contribution >= 0.6 is 0 Å². The molecule has 2 aromatic heterocycles. The van der Waals surface area contributed by atoms with Crippen LogP contribution in [0.25, 0.3) is 0 Å². The maximum absolute atomic E-state index is 11.7. The molecule has 0 N–H and O–H groups in total. The number of hydrogen-bond donors (Lipinski definition) is 0. The Morgan fingerprint density at radius 1 is 1.35 bits per heavy atom. The third-order valence-corrected chi connectivity index (χ3v) is 3.61. The first kappa shape index (κ1) is 12.8. The normalized spacial score (nSPS) is 18.4. The molecule has 0 saturated carbocycles. The largest absolute Gasteiger partial charge is 0.350 e. The van der Waals surface area contributed by atoms with Gasteiger partial charge in [-0.1, -0.05) is 0 Å². The van der Waals surface area contributed by atoms with Gasteiger partial charge >= 0.3 is 0 Å². The lowest BCUT2D eigenvalue weighted by Gasteiger charge is -2.25. The van der Waals surface area contributed by atoms with E-state index in [1.54, 1.807) is 24.7 Å². The second kappa shape index (κ2) is 5.40. The summed E-state index contributed by atoms with van der Waals surface area (Å²) >= 11 is 0. The van der Waals surface area contributed by atoms with Crippen molar-refractivity contribution in [1.82, 2.24) is 19.7 Å². The van der Waals surface area contributed by atoms with E-state index in [0.717, 1.165) is 30.9 Å². The second-order valence-corrected chi connectivity index (χ2v) is 5.05. The van der Waals surface area contributed by atoms with Crippen LogP contribution in [0, 0.1) is 6.92 Å². The highest BCUT2D eigenvalue weighted by Crippen LogP contribution is 2.23. The van der Waals surface area contributed by atoms with Gasteiger partial charge in [0.05, 0.1) is 30.7 Å². The molecule has 0 aliphatic carbocycles. The zero-order valence-electron chi connectivity index (χ0n) is 11.4. The Bertz CT molecular complexity index is 637. The van der Waals surface area contributed by atoms with Crippen LogP contribution in [-0.2, 0) is 6.54 Å². The highest BCUT2D eigenvalue weighted by atomic mass is 16.1. The number of rotatable bonds is 3. The quantitative estimate of drug-likeness (QED) is 0.833. The molecule has 0 aromatic carbocycles. The maximum Gasteiger partial charge on any atom is 0.266 e. The molecule has 6 heteroatoms. The Labute approximate surface area is 117 Å². The topological polar surface area (TPSA) is 63.9 Å². The smallest absolute Gasteiger partial charge is 0.266 e. The zero-order valence-corrected chi connectivity index (χ0v) is 11.4. The first-order valence-electron chi connectivity index (χ1n) is 6.81. The molecule has 0 spiro atoms. The van der Waals surface area contributed by atoms with Gasteiger partial charge in [-0.05, 0) is 25.8 Å². The van der Waals surface area contributed by atoms with Crippen LogP contribution in [-0.4, -0.2) is 32.3 Å². The molecule has 1 saturated heterocycles. The molecule has 0 bridgehead atoms. The fourth-order valence-electron chi connectivity index (χ4n) is 2.59. The van der Waals surface area contributed by atoms with E-state index in [4.69, 9.17) is 0 Å². The molecule has 0 amide bonds. The van der Waals surface area contributed by atoms with E-state index in [0.29, 0.717) is 6.54 Å².